The molecular formula is C24H30N6O4S2. The fourth-order valence-corrected chi connectivity index (χ4v) is 6.64. The van der Waals surface area contributed by atoms with Gasteiger partial charge in [-0.1, -0.05) is 13.3 Å². The molecule has 3 heterocycles. The van der Waals surface area contributed by atoms with Crippen molar-refractivity contribution in [1.29, 1.82) is 0 Å². The molecule has 2 atom stereocenters. The first-order chi connectivity index (χ1) is 17.1. The Kier molecular flexibility index (Phi) is 7.55. The third kappa shape index (κ3) is 5.81. The third-order valence-electron chi connectivity index (χ3n) is 6.06. The van der Waals surface area contributed by atoms with Gasteiger partial charge in [0.15, 0.2) is 5.13 Å². The highest BCUT2D eigenvalue weighted by Gasteiger charge is 2.46. The molecule has 3 aromatic heterocycles. The van der Waals surface area contributed by atoms with E-state index in [2.05, 4.69) is 36.9 Å². The van der Waals surface area contributed by atoms with Crippen molar-refractivity contribution < 1.29 is 17.9 Å². The lowest BCUT2D eigenvalue weighted by molar-refractivity contribution is -0.120. The summed E-state index contributed by atoms with van der Waals surface area (Å²) in [6.45, 7) is 7.88. The molecule has 1 aliphatic rings. The van der Waals surface area contributed by atoms with Crippen molar-refractivity contribution in [3.8, 4) is 17.1 Å². The van der Waals surface area contributed by atoms with Gasteiger partial charge in [0, 0.05) is 17.1 Å². The minimum Gasteiger partial charge on any atom is -0.477 e. The van der Waals surface area contributed by atoms with Crippen molar-refractivity contribution in [2.24, 2.45) is 5.92 Å². The monoisotopic (exact) mass is 530 g/mol. The standard InChI is InChI=1S/C24H30N6O4S2/c1-5-7-15-10-18(15)36(32,33)30-23-28-19(14-35-23)24(3,4)22(31)29-20-9-8-16(11-26-20)17-12-25-13-21(27-17)34-6-2/h8-9,11-15,18H,5-7,10H2,1-4H3,(H,28,30)(H,26,29,31). The maximum absolute atomic E-state index is 13.1. The molecule has 0 spiro atoms. The van der Waals surface area contributed by atoms with Gasteiger partial charge < -0.3 is 10.1 Å². The van der Waals surface area contributed by atoms with Gasteiger partial charge in [-0.25, -0.2) is 23.4 Å². The van der Waals surface area contributed by atoms with Crippen molar-refractivity contribution in [2.45, 2.75) is 57.6 Å². The number of hydrogen-bond acceptors (Lipinski definition) is 9. The number of nitrogens with zero attached hydrogens (tertiary/aromatic N) is 4. The van der Waals surface area contributed by atoms with Crippen molar-refractivity contribution >= 4 is 38.2 Å². The zero-order valence-electron chi connectivity index (χ0n) is 20.7. The van der Waals surface area contributed by atoms with E-state index in [0.29, 0.717) is 36.1 Å². The number of anilines is 2. The fourth-order valence-electron chi connectivity index (χ4n) is 3.79. The van der Waals surface area contributed by atoms with Gasteiger partial charge in [0.2, 0.25) is 21.8 Å². The van der Waals surface area contributed by atoms with Crippen LogP contribution in [0.4, 0.5) is 10.9 Å². The number of ether oxygens (including phenoxy) is 1. The lowest BCUT2D eigenvalue weighted by Gasteiger charge is -2.21. The molecule has 0 aliphatic heterocycles. The number of pyridine rings is 1. The minimum atomic E-state index is -3.48. The van der Waals surface area contributed by atoms with E-state index in [0.717, 1.165) is 18.4 Å². The molecule has 2 unspecified atom stereocenters. The first kappa shape index (κ1) is 26.0. The van der Waals surface area contributed by atoms with Crippen LogP contribution in [0.5, 0.6) is 5.88 Å². The summed E-state index contributed by atoms with van der Waals surface area (Å²) in [6, 6.07) is 3.47. The molecule has 1 fully saturated rings. The van der Waals surface area contributed by atoms with Crippen LogP contribution in [0.1, 0.15) is 52.7 Å². The van der Waals surface area contributed by atoms with E-state index in [4.69, 9.17) is 4.74 Å². The van der Waals surface area contributed by atoms with Crippen molar-refractivity contribution in [3.05, 3.63) is 41.8 Å². The van der Waals surface area contributed by atoms with E-state index in [-0.39, 0.29) is 22.2 Å². The van der Waals surface area contributed by atoms with Crippen LogP contribution in [-0.2, 0) is 20.2 Å². The van der Waals surface area contributed by atoms with Crippen LogP contribution in [-0.4, -0.2) is 46.1 Å². The Bertz CT molecular complexity index is 1320. The predicted molar refractivity (Wildman–Crippen MR) is 140 cm³/mol. The van der Waals surface area contributed by atoms with Gasteiger partial charge in [0.25, 0.3) is 0 Å². The van der Waals surface area contributed by atoms with E-state index in [9.17, 15) is 13.2 Å². The molecule has 0 aromatic carbocycles. The molecular weight excluding hydrogens is 500 g/mol. The lowest BCUT2D eigenvalue weighted by atomic mass is 9.89. The number of sulfonamides is 1. The van der Waals surface area contributed by atoms with Gasteiger partial charge in [-0.3, -0.25) is 14.5 Å². The van der Waals surface area contributed by atoms with Crippen LogP contribution in [0, 0.1) is 5.92 Å². The molecule has 36 heavy (non-hydrogen) atoms. The average Bonchev–Trinajstić information content (AvgIpc) is 3.48. The molecule has 192 valence electrons. The lowest BCUT2D eigenvalue weighted by Crippen LogP contribution is -2.35. The van der Waals surface area contributed by atoms with E-state index in [1.54, 1.807) is 50.0 Å². The first-order valence-electron chi connectivity index (χ1n) is 11.8. The van der Waals surface area contributed by atoms with Gasteiger partial charge >= 0.3 is 0 Å². The van der Waals surface area contributed by atoms with Crippen molar-refractivity contribution in [1.82, 2.24) is 19.9 Å². The zero-order chi connectivity index (χ0) is 25.9. The van der Waals surface area contributed by atoms with Crippen LogP contribution in [0.15, 0.2) is 36.1 Å². The van der Waals surface area contributed by atoms with E-state index < -0.39 is 15.4 Å². The second-order valence-electron chi connectivity index (χ2n) is 9.19. The second-order valence-corrected chi connectivity index (χ2v) is 12.0. The average molecular weight is 531 g/mol. The molecule has 2 N–H and O–H groups in total. The topological polar surface area (TPSA) is 136 Å². The number of nitrogens with one attached hydrogen (secondary N) is 2. The van der Waals surface area contributed by atoms with Gasteiger partial charge in [-0.2, -0.15) is 0 Å². The summed E-state index contributed by atoms with van der Waals surface area (Å²) in [6.07, 6.45) is 7.31. The third-order valence-corrected chi connectivity index (χ3v) is 8.80. The quantitative estimate of drug-likeness (QED) is 0.376. The van der Waals surface area contributed by atoms with E-state index in [1.807, 2.05) is 6.92 Å². The van der Waals surface area contributed by atoms with E-state index >= 15 is 0 Å². The highest BCUT2D eigenvalue weighted by molar-refractivity contribution is 7.93. The predicted octanol–water partition coefficient (Wildman–Crippen LogP) is 4.24. The zero-order valence-corrected chi connectivity index (χ0v) is 22.3. The normalized spacial score (nSPS) is 17.4. The molecule has 0 saturated heterocycles. The SMILES string of the molecule is CCCC1CC1S(=O)(=O)Nc1nc(C(C)(C)C(=O)Nc2ccc(-c3cncc(OCC)n3)cn2)cs1. The molecule has 10 nitrogen and oxygen atoms in total. The van der Waals surface area contributed by atoms with Crippen LogP contribution in [0.2, 0.25) is 0 Å². The minimum absolute atomic E-state index is 0.216. The van der Waals surface area contributed by atoms with Crippen LogP contribution >= 0.6 is 11.3 Å². The van der Waals surface area contributed by atoms with Gasteiger partial charge in [0.05, 0.1) is 41.1 Å². The summed E-state index contributed by atoms with van der Waals surface area (Å²) in [4.78, 5) is 30.3. The molecule has 1 saturated carbocycles. The second kappa shape index (κ2) is 10.5. The fraction of sp³-hybridized carbons (Fsp3) is 0.458. The maximum Gasteiger partial charge on any atom is 0.237 e. The summed E-state index contributed by atoms with van der Waals surface area (Å²) >= 11 is 1.17. The first-order valence-corrected chi connectivity index (χ1v) is 14.3. The molecule has 12 heteroatoms. The summed E-state index contributed by atoms with van der Waals surface area (Å²) in [5, 5.41) is 4.43. The summed E-state index contributed by atoms with van der Waals surface area (Å²) in [7, 11) is -3.48. The molecule has 4 rings (SSSR count). The Labute approximate surface area is 215 Å². The molecule has 0 bridgehead atoms. The largest absolute Gasteiger partial charge is 0.477 e. The number of thiazole rings is 1. The summed E-state index contributed by atoms with van der Waals surface area (Å²) in [5.74, 6) is 0.703. The number of rotatable bonds is 11. The van der Waals surface area contributed by atoms with Gasteiger partial charge in [0.1, 0.15) is 5.82 Å². The molecule has 1 amide bonds. The molecule has 3 aromatic rings. The smallest absolute Gasteiger partial charge is 0.237 e. The summed E-state index contributed by atoms with van der Waals surface area (Å²) < 4.78 is 33.2. The Morgan fingerprint density at radius 1 is 1.19 bits per heavy atom. The number of hydrogen-bond donors (Lipinski definition) is 2. The van der Waals surface area contributed by atoms with Crippen LogP contribution in [0.25, 0.3) is 11.3 Å². The van der Waals surface area contributed by atoms with Crippen molar-refractivity contribution in [2.75, 3.05) is 16.6 Å². The maximum atomic E-state index is 13.1. The Hall–Kier alpha value is -3.12. The Balaban J connectivity index is 1.40. The molecule has 1 aliphatic carbocycles. The van der Waals surface area contributed by atoms with Gasteiger partial charge in [-0.15, -0.1) is 11.3 Å². The number of amides is 1. The Morgan fingerprint density at radius 3 is 2.69 bits per heavy atom. The summed E-state index contributed by atoms with van der Waals surface area (Å²) in [5.41, 5.74) is 0.802. The highest BCUT2D eigenvalue weighted by Crippen LogP contribution is 2.41. The van der Waals surface area contributed by atoms with Crippen LogP contribution < -0.4 is 14.8 Å². The number of carbonyl (C=O) groups is 1. The number of carbonyl (C=O) groups excluding carboxylic acids is 1. The van der Waals surface area contributed by atoms with Crippen LogP contribution in [0.3, 0.4) is 0 Å². The number of aromatic nitrogens is 4. The Morgan fingerprint density at radius 2 is 2.00 bits per heavy atom. The molecule has 0 radical (unpaired) electrons. The highest BCUT2D eigenvalue weighted by atomic mass is 32.2. The van der Waals surface area contributed by atoms with Gasteiger partial charge in [-0.05, 0) is 51.7 Å². The van der Waals surface area contributed by atoms with Crippen molar-refractivity contribution in [3.63, 3.8) is 0 Å². The van der Waals surface area contributed by atoms with E-state index in [1.165, 1.54) is 11.3 Å².